The molecule has 0 saturated carbocycles. The summed E-state index contributed by atoms with van der Waals surface area (Å²) < 4.78 is 23.8. The fourth-order valence-electron chi connectivity index (χ4n) is 4.37. The lowest BCUT2D eigenvalue weighted by atomic mass is 10.0. The molecule has 0 unspecified atom stereocenters. The summed E-state index contributed by atoms with van der Waals surface area (Å²) in [5.41, 5.74) is 4.35. The van der Waals surface area contributed by atoms with Crippen molar-refractivity contribution in [2.75, 3.05) is 7.11 Å². The van der Waals surface area contributed by atoms with E-state index < -0.39 is 6.04 Å². The number of hydrogen-bond acceptors (Lipinski definition) is 4. The molecule has 1 atom stereocenters. The van der Waals surface area contributed by atoms with Gasteiger partial charge in [0.1, 0.15) is 23.4 Å². The third-order valence-electron chi connectivity index (χ3n) is 5.99. The van der Waals surface area contributed by atoms with Crippen molar-refractivity contribution in [2.24, 2.45) is 7.05 Å². The lowest BCUT2D eigenvalue weighted by Crippen LogP contribution is -2.18. The number of aryl methyl sites for hydroxylation is 2. The first kappa shape index (κ1) is 21.6. The Morgan fingerprint density at radius 3 is 2.53 bits per heavy atom. The molecule has 0 aliphatic carbocycles. The number of rotatable bonds is 5. The SMILES string of the molecule is COc1cc(-c2ccc3nc(C)n([C@@H](c4ccccc4)c4ncccc4F)c3c2)cn(C)c1=O. The highest BCUT2D eigenvalue weighted by atomic mass is 19.1. The van der Waals surface area contributed by atoms with Gasteiger partial charge in [-0.25, -0.2) is 9.37 Å². The maximum Gasteiger partial charge on any atom is 0.292 e. The molecule has 7 heteroatoms. The predicted octanol–water partition coefficient (Wildman–Crippen LogP) is 4.89. The smallest absolute Gasteiger partial charge is 0.292 e. The van der Waals surface area contributed by atoms with Crippen LogP contribution in [0.25, 0.3) is 22.2 Å². The number of benzene rings is 2. The summed E-state index contributed by atoms with van der Waals surface area (Å²) in [6.07, 6.45) is 3.37. The van der Waals surface area contributed by atoms with E-state index in [1.54, 1.807) is 31.6 Å². The van der Waals surface area contributed by atoms with Crippen molar-refractivity contribution in [1.29, 1.82) is 0 Å². The van der Waals surface area contributed by atoms with Crippen LogP contribution in [0.4, 0.5) is 4.39 Å². The fraction of sp³-hybridized carbons (Fsp3) is 0.148. The number of methoxy groups -OCH3 is 1. The molecule has 3 heterocycles. The lowest BCUT2D eigenvalue weighted by Gasteiger charge is -2.22. The van der Waals surface area contributed by atoms with E-state index in [4.69, 9.17) is 9.72 Å². The van der Waals surface area contributed by atoms with E-state index in [2.05, 4.69) is 4.98 Å². The number of imidazole rings is 1. The van der Waals surface area contributed by atoms with Gasteiger partial charge in [0, 0.05) is 25.0 Å². The van der Waals surface area contributed by atoms with Crippen molar-refractivity contribution in [2.45, 2.75) is 13.0 Å². The molecule has 0 aliphatic rings. The van der Waals surface area contributed by atoms with E-state index in [-0.39, 0.29) is 17.1 Å². The molecular weight excluding hydrogens is 431 g/mol. The second-order valence-electron chi connectivity index (χ2n) is 8.13. The van der Waals surface area contributed by atoms with Crippen LogP contribution in [-0.4, -0.2) is 26.2 Å². The number of fused-ring (bicyclic) bond motifs is 1. The zero-order valence-corrected chi connectivity index (χ0v) is 19.1. The Kier molecular flexibility index (Phi) is 5.45. The molecule has 0 radical (unpaired) electrons. The zero-order chi connectivity index (χ0) is 23.8. The molecule has 6 nitrogen and oxygen atoms in total. The first-order chi connectivity index (χ1) is 16.5. The summed E-state index contributed by atoms with van der Waals surface area (Å²) in [7, 11) is 3.17. The third kappa shape index (κ3) is 3.65. The number of aromatic nitrogens is 4. The number of halogens is 1. The summed E-state index contributed by atoms with van der Waals surface area (Å²) in [4.78, 5) is 21.4. The summed E-state index contributed by atoms with van der Waals surface area (Å²) >= 11 is 0. The fourth-order valence-corrected chi connectivity index (χ4v) is 4.37. The lowest BCUT2D eigenvalue weighted by molar-refractivity contribution is 0.405. The first-order valence-corrected chi connectivity index (χ1v) is 10.9. The average Bonchev–Trinajstić information content (AvgIpc) is 3.17. The highest BCUT2D eigenvalue weighted by molar-refractivity contribution is 5.83. The molecule has 34 heavy (non-hydrogen) atoms. The highest BCUT2D eigenvalue weighted by Gasteiger charge is 2.25. The van der Waals surface area contributed by atoms with Crippen molar-refractivity contribution >= 4 is 11.0 Å². The van der Waals surface area contributed by atoms with E-state index >= 15 is 4.39 Å². The van der Waals surface area contributed by atoms with Gasteiger partial charge in [-0.15, -0.1) is 0 Å². The molecule has 5 rings (SSSR count). The molecule has 5 aromatic rings. The van der Waals surface area contributed by atoms with Crippen LogP contribution in [0.2, 0.25) is 0 Å². The largest absolute Gasteiger partial charge is 0.491 e. The van der Waals surface area contributed by atoms with Crippen LogP contribution in [0.3, 0.4) is 0 Å². The van der Waals surface area contributed by atoms with Gasteiger partial charge < -0.3 is 13.9 Å². The molecule has 3 aromatic heterocycles. The molecule has 0 N–H and O–H groups in total. The quantitative estimate of drug-likeness (QED) is 0.379. The van der Waals surface area contributed by atoms with Crippen LogP contribution in [0.5, 0.6) is 5.75 Å². The van der Waals surface area contributed by atoms with Gasteiger partial charge in [0.25, 0.3) is 5.56 Å². The monoisotopic (exact) mass is 454 g/mol. The molecule has 0 aliphatic heterocycles. The summed E-state index contributed by atoms with van der Waals surface area (Å²) in [5.74, 6) is 0.628. The minimum atomic E-state index is -0.502. The minimum Gasteiger partial charge on any atom is -0.491 e. The Labute approximate surface area is 195 Å². The van der Waals surface area contributed by atoms with Gasteiger partial charge in [-0.1, -0.05) is 36.4 Å². The number of hydrogen-bond donors (Lipinski definition) is 0. The van der Waals surface area contributed by atoms with Crippen molar-refractivity contribution in [3.63, 3.8) is 0 Å². The Morgan fingerprint density at radius 1 is 1.00 bits per heavy atom. The van der Waals surface area contributed by atoms with Crippen molar-refractivity contribution in [3.05, 3.63) is 112 Å². The van der Waals surface area contributed by atoms with Crippen molar-refractivity contribution in [3.8, 4) is 16.9 Å². The van der Waals surface area contributed by atoms with E-state index in [9.17, 15) is 4.79 Å². The van der Waals surface area contributed by atoms with Crippen LogP contribution in [-0.2, 0) is 7.05 Å². The second kappa shape index (κ2) is 8.59. The summed E-state index contributed by atoms with van der Waals surface area (Å²) in [6, 6.07) is 19.9. The normalized spacial score (nSPS) is 12.1. The number of pyridine rings is 2. The van der Waals surface area contributed by atoms with Crippen LogP contribution >= 0.6 is 0 Å². The summed E-state index contributed by atoms with van der Waals surface area (Å²) in [6.45, 7) is 1.91. The van der Waals surface area contributed by atoms with Crippen molar-refractivity contribution < 1.29 is 9.13 Å². The van der Waals surface area contributed by atoms with Crippen LogP contribution in [0.15, 0.2) is 83.9 Å². The van der Waals surface area contributed by atoms with Gasteiger partial charge >= 0.3 is 0 Å². The topological polar surface area (TPSA) is 61.9 Å². The standard InChI is InChI=1S/C27H23FN4O2/c1-17-30-22-12-11-19(20-15-24(34-3)27(33)31(2)16-20)14-23(22)32(17)26(18-8-5-4-6-9-18)25-21(28)10-7-13-29-25/h4-16,26H,1-3H3/t26-/m0/s1. The number of nitrogens with zero attached hydrogens (tertiary/aromatic N) is 4. The van der Waals surface area contributed by atoms with Crippen LogP contribution in [0.1, 0.15) is 23.1 Å². The van der Waals surface area contributed by atoms with E-state index in [0.717, 1.165) is 33.5 Å². The van der Waals surface area contributed by atoms with Gasteiger partial charge in [0.15, 0.2) is 5.75 Å². The van der Waals surface area contributed by atoms with Gasteiger partial charge in [-0.05, 0) is 48.4 Å². The molecule has 0 fully saturated rings. The molecule has 0 amide bonds. The zero-order valence-electron chi connectivity index (χ0n) is 19.1. The second-order valence-corrected chi connectivity index (χ2v) is 8.13. The van der Waals surface area contributed by atoms with Gasteiger partial charge in [0.2, 0.25) is 0 Å². The molecule has 170 valence electrons. The Bertz CT molecular complexity index is 1560. The average molecular weight is 455 g/mol. The first-order valence-electron chi connectivity index (χ1n) is 10.9. The predicted molar refractivity (Wildman–Crippen MR) is 130 cm³/mol. The Balaban J connectivity index is 1.76. The van der Waals surface area contributed by atoms with E-state index in [1.807, 2.05) is 60.0 Å². The van der Waals surface area contributed by atoms with E-state index in [1.165, 1.54) is 17.7 Å². The molecular formula is C27H23FN4O2. The molecule has 0 spiro atoms. The molecule has 0 saturated heterocycles. The Morgan fingerprint density at radius 2 is 1.79 bits per heavy atom. The third-order valence-corrected chi connectivity index (χ3v) is 5.99. The van der Waals surface area contributed by atoms with Crippen molar-refractivity contribution in [1.82, 2.24) is 19.1 Å². The van der Waals surface area contributed by atoms with Gasteiger partial charge in [-0.3, -0.25) is 9.78 Å². The van der Waals surface area contributed by atoms with E-state index in [0.29, 0.717) is 5.69 Å². The minimum absolute atomic E-state index is 0.206. The summed E-state index contributed by atoms with van der Waals surface area (Å²) in [5, 5.41) is 0. The maximum atomic E-state index is 15.0. The molecule has 0 bridgehead atoms. The highest BCUT2D eigenvalue weighted by Crippen LogP contribution is 2.34. The van der Waals surface area contributed by atoms with Gasteiger partial charge in [-0.2, -0.15) is 0 Å². The van der Waals surface area contributed by atoms with Gasteiger partial charge in [0.05, 0.1) is 18.1 Å². The number of ether oxygens (including phenoxy) is 1. The maximum absolute atomic E-state index is 15.0. The van der Waals surface area contributed by atoms with Crippen LogP contribution < -0.4 is 10.3 Å². The molecule has 2 aromatic carbocycles. The Hall–Kier alpha value is -4.26. The van der Waals surface area contributed by atoms with Crippen LogP contribution in [0, 0.1) is 12.7 Å².